The number of ether oxygens (including phenoxy) is 2. The van der Waals surface area contributed by atoms with Crippen LogP contribution < -0.4 is 0 Å². The van der Waals surface area contributed by atoms with Crippen molar-refractivity contribution in [3.63, 3.8) is 0 Å². The van der Waals surface area contributed by atoms with Crippen molar-refractivity contribution in [2.24, 2.45) is 0 Å². The molecule has 0 spiro atoms. The van der Waals surface area contributed by atoms with Crippen molar-refractivity contribution < 1.29 is 28.0 Å². The zero-order valence-electron chi connectivity index (χ0n) is 14.8. The topological polar surface area (TPSA) is 91.5 Å². The number of carbonyl (C=O) groups excluding carboxylic acids is 2. The number of carbonyl (C=O) groups is 2. The van der Waals surface area contributed by atoms with Crippen LogP contribution in [0.25, 0.3) is 17.5 Å². The summed E-state index contributed by atoms with van der Waals surface area (Å²) in [6, 6.07) is 12.1. The number of hydrogen-bond donors (Lipinski definition) is 0. The first-order valence-electron chi connectivity index (χ1n) is 8.17. The highest BCUT2D eigenvalue weighted by atomic mass is 19.1. The zero-order chi connectivity index (χ0) is 19.9. The van der Waals surface area contributed by atoms with Gasteiger partial charge < -0.3 is 14.0 Å². The number of rotatable bonds is 6. The number of nitrogens with zero attached hydrogens (tertiary/aromatic N) is 2. The highest BCUT2D eigenvalue weighted by Crippen LogP contribution is 2.16. The lowest BCUT2D eigenvalue weighted by Crippen LogP contribution is -2.01. The first kappa shape index (κ1) is 19.0. The van der Waals surface area contributed by atoms with E-state index in [0.29, 0.717) is 16.7 Å². The second-order valence-electron chi connectivity index (χ2n) is 5.57. The van der Waals surface area contributed by atoms with Crippen molar-refractivity contribution in [1.29, 1.82) is 0 Å². The molecule has 3 aromatic rings. The van der Waals surface area contributed by atoms with E-state index in [1.165, 1.54) is 37.5 Å². The lowest BCUT2D eigenvalue weighted by atomic mass is 10.1. The van der Waals surface area contributed by atoms with E-state index in [9.17, 15) is 14.0 Å². The summed E-state index contributed by atoms with van der Waals surface area (Å²) in [5, 5.41) is 3.76. The zero-order valence-corrected chi connectivity index (χ0v) is 14.8. The molecule has 0 fully saturated rings. The maximum Gasteiger partial charge on any atom is 0.337 e. The van der Waals surface area contributed by atoms with E-state index in [4.69, 9.17) is 9.26 Å². The molecule has 0 atom stereocenters. The van der Waals surface area contributed by atoms with Gasteiger partial charge in [-0.3, -0.25) is 0 Å². The van der Waals surface area contributed by atoms with E-state index in [1.54, 1.807) is 30.3 Å². The Bertz CT molecular complexity index is 994. The van der Waals surface area contributed by atoms with Crippen molar-refractivity contribution in [1.82, 2.24) is 10.1 Å². The van der Waals surface area contributed by atoms with Crippen LogP contribution in [-0.2, 0) is 20.9 Å². The molecule has 0 aliphatic heterocycles. The van der Waals surface area contributed by atoms with Crippen LogP contribution in [0.5, 0.6) is 0 Å². The Morgan fingerprint density at radius 1 is 1.11 bits per heavy atom. The fourth-order valence-electron chi connectivity index (χ4n) is 2.22. The number of methoxy groups -OCH3 is 1. The molecule has 2 aromatic carbocycles. The average Bonchev–Trinajstić information content (AvgIpc) is 3.20. The Balaban J connectivity index is 1.53. The third-order valence-electron chi connectivity index (χ3n) is 3.65. The molecular weight excluding hydrogens is 367 g/mol. The van der Waals surface area contributed by atoms with Gasteiger partial charge in [0.2, 0.25) is 5.82 Å². The van der Waals surface area contributed by atoms with Crippen LogP contribution in [0.3, 0.4) is 0 Å². The lowest BCUT2D eigenvalue weighted by molar-refractivity contribution is -0.139. The van der Waals surface area contributed by atoms with Gasteiger partial charge in [-0.2, -0.15) is 4.98 Å². The van der Waals surface area contributed by atoms with Gasteiger partial charge in [0.25, 0.3) is 5.89 Å². The molecule has 0 aliphatic carbocycles. The van der Waals surface area contributed by atoms with Crippen LogP contribution in [-0.4, -0.2) is 29.2 Å². The van der Waals surface area contributed by atoms with Crippen molar-refractivity contribution in [3.05, 3.63) is 77.4 Å². The van der Waals surface area contributed by atoms with E-state index in [0.717, 1.165) is 0 Å². The van der Waals surface area contributed by atoms with Crippen LogP contribution in [0, 0.1) is 5.82 Å². The first-order valence-corrected chi connectivity index (χ1v) is 8.17. The predicted octanol–water partition coefficient (Wildman–Crippen LogP) is 3.42. The summed E-state index contributed by atoms with van der Waals surface area (Å²) in [5.74, 6) is -1.02. The van der Waals surface area contributed by atoms with E-state index < -0.39 is 11.9 Å². The van der Waals surface area contributed by atoms with Gasteiger partial charge in [0, 0.05) is 11.6 Å². The Hall–Kier alpha value is -3.81. The van der Waals surface area contributed by atoms with Crippen molar-refractivity contribution >= 4 is 18.0 Å². The molecule has 7 nitrogen and oxygen atoms in total. The van der Waals surface area contributed by atoms with E-state index in [-0.39, 0.29) is 24.1 Å². The monoisotopic (exact) mass is 382 g/mol. The number of benzene rings is 2. The highest BCUT2D eigenvalue weighted by molar-refractivity contribution is 5.90. The minimum atomic E-state index is -0.599. The fourth-order valence-corrected chi connectivity index (χ4v) is 2.22. The van der Waals surface area contributed by atoms with Crippen LogP contribution in [0.2, 0.25) is 0 Å². The number of halogens is 1. The molecule has 0 aliphatic rings. The van der Waals surface area contributed by atoms with Gasteiger partial charge in [-0.15, -0.1) is 0 Å². The molecule has 142 valence electrons. The average molecular weight is 382 g/mol. The third kappa shape index (κ3) is 4.88. The molecule has 1 aromatic heterocycles. The summed E-state index contributed by atoms with van der Waals surface area (Å²) in [5.41, 5.74) is 1.70. The second-order valence-corrected chi connectivity index (χ2v) is 5.57. The highest BCUT2D eigenvalue weighted by Gasteiger charge is 2.10. The number of esters is 2. The molecule has 0 amide bonds. The van der Waals surface area contributed by atoms with Crippen molar-refractivity contribution in [3.8, 4) is 11.4 Å². The van der Waals surface area contributed by atoms with Gasteiger partial charge in [-0.25, -0.2) is 14.0 Å². The van der Waals surface area contributed by atoms with Crippen molar-refractivity contribution in [2.45, 2.75) is 6.61 Å². The van der Waals surface area contributed by atoms with Gasteiger partial charge in [0.1, 0.15) is 5.82 Å². The fraction of sp³-hybridized carbons (Fsp3) is 0.100. The molecule has 0 unspecified atom stereocenters. The quantitative estimate of drug-likeness (QED) is 0.476. The molecule has 0 radical (unpaired) electrons. The lowest BCUT2D eigenvalue weighted by Gasteiger charge is -1.99. The van der Waals surface area contributed by atoms with E-state index in [2.05, 4.69) is 14.9 Å². The Morgan fingerprint density at radius 2 is 1.82 bits per heavy atom. The van der Waals surface area contributed by atoms with E-state index >= 15 is 0 Å². The molecule has 3 rings (SSSR count). The summed E-state index contributed by atoms with van der Waals surface area (Å²) in [6.07, 6.45) is 2.78. The number of aromatic nitrogens is 2. The van der Waals surface area contributed by atoms with Crippen LogP contribution in [0.1, 0.15) is 21.8 Å². The molecule has 0 bridgehead atoms. The summed E-state index contributed by atoms with van der Waals surface area (Å²) < 4.78 is 27.6. The summed E-state index contributed by atoms with van der Waals surface area (Å²) >= 11 is 0. The SMILES string of the molecule is COC(=O)c1ccc(/C=C/C(=O)OCc2nc(-c3ccc(F)cc3)no2)cc1. The molecule has 28 heavy (non-hydrogen) atoms. The first-order chi connectivity index (χ1) is 13.5. The van der Waals surface area contributed by atoms with Gasteiger partial charge in [0.15, 0.2) is 6.61 Å². The van der Waals surface area contributed by atoms with Crippen LogP contribution in [0.15, 0.2) is 59.1 Å². The molecule has 0 saturated heterocycles. The van der Waals surface area contributed by atoms with Gasteiger partial charge >= 0.3 is 11.9 Å². The maximum absolute atomic E-state index is 12.9. The largest absolute Gasteiger partial charge is 0.465 e. The summed E-state index contributed by atoms with van der Waals surface area (Å²) in [4.78, 5) is 27.3. The van der Waals surface area contributed by atoms with Gasteiger partial charge in [0.05, 0.1) is 12.7 Å². The second kappa shape index (κ2) is 8.72. The Morgan fingerprint density at radius 3 is 2.50 bits per heavy atom. The summed E-state index contributed by atoms with van der Waals surface area (Å²) in [7, 11) is 1.30. The van der Waals surface area contributed by atoms with Gasteiger partial charge in [-0.05, 0) is 48.0 Å². The predicted molar refractivity (Wildman–Crippen MR) is 96.3 cm³/mol. The number of hydrogen-bond acceptors (Lipinski definition) is 7. The molecule has 8 heteroatoms. The maximum atomic E-state index is 12.9. The Labute approximate surface area is 159 Å². The Kier molecular flexibility index (Phi) is 5.91. The smallest absolute Gasteiger partial charge is 0.337 e. The molecule has 1 heterocycles. The van der Waals surface area contributed by atoms with Crippen molar-refractivity contribution in [2.75, 3.05) is 7.11 Å². The van der Waals surface area contributed by atoms with E-state index in [1.807, 2.05) is 0 Å². The van der Waals surface area contributed by atoms with Gasteiger partial charge in [-0.1, -0.05) is 17.3 Å². The van der Waals surface area contributed by atoms with Crippen LogP contribution >= 0.6 is 0 Å². The summed E-state index contributed by atoms with van der Waals surface area (Å²) in [6.45, 7) is -0.196. The molecule has 0 saturated carbocycles. The third-order valence-corrected chi connectivity index (χ3v) is 3.65. The molecular formula is C20H15FN2O5. The normalized spacial score (nSPS) is 10.8. The standard InChI is InChI=1S/C20H15FN2O5/c1-26-20(25)15-5-2-13(3-6-15)4-11-18(24)27-12-17-22-19(23-28-17)14-7-9-16(21)10-8-14/h2-11H,12H2,1H3/b11-4+. The minimum absolute atomic E-state index is 0.114. The van der Waals surface area contributed by atoms with Crippen LogP contribution in [0.4, 0.5) is 4.39 Å². The minimum Gasteiger partial charge on any atom is -0.465 e. The molecule has 0 N–H and O–H groups in total.